The monoisotopic (exact) mass is 347 g/mol. The zero-order valence-corrected chi connectivity index (χ0v) is 14.5. The number of likely N-dealkylation sites (tertiary alicyclic amines) is 1. The highest BCUT2D eigenvalue weighted by Crippen LogP contribution is 2.41. The maximum absolute atomic E-state index is 12.7. The van der Waals surface area contributed by atoms with Crippen LogP contribution in [0.2, 0.25) is 0 Å². The molecule has 0 bridgehead atoms. The summed E-state index contributed by atoms with van der Waals surface area (Å²) in [7, 11) is 0. The van der Waals surface area contributed by atoms with Crippen LogP contribution in [0.25, 0.3) is 0 Å². The number of hydrogen-bond donors (Lipinski definition) is 1. The second kappa shape index (κ2) is 6.51. The van der Waals surface area contributed by atoms with Crippen LogP contribution in [0.3, 0.4) is 0 Å². The Morgan fingerprint density at radius 3 is 3.00 bits per heavy atom. The Morgan fingerprint density at radius 1 is 1.46 bits per heavy atom. The first-order valence-electron chi connectivity index (χ1n) is 8.46. The fourth-order valence-electron chi connectivity index (χ4n) is 3.27. The van der Waals surface area contributed by atoms with Crippen molar-refractivity contribution in [2.45, 2.75) is 44.6 Å². The first kappa shape index (κ1) is 15.6. The molecular formula is C16H21N5O2S. The molecule has 4 rings (SSSR count). The zero-order chi connectivity index (χ0) is 16.5. The summed E-state index contributed by atoms with van der Waals surface area (Å²) in [5.74, 6) is 1.94. The highest BCUT2D eigenvalue weighted by Gasteiger charge is 2.37. The number of piperidine rings is 1. The average molecular weight is 347 g/mol. The minimum atomic E-state index is -0.0111. The summed E-state index contributed by atoms with van der Waals surface area (Å²) in [5, 5.41) is 10.0. The molecule has 1 aliphatic heterocycles. The third-order valence-electron chi connectivity index (χ3n) is 4.69. The summed E-state index contributed by atoms with van der Waals surface area (Å²) in [4.78, 5) is 23.3. The molecule has 0 radical (unpaired) electrons. The molecule has 24 heavy (non-hydrogen) atoms. The number of carbonyl (C=O) groups excluding carboxylic acids is 1. The van der Waals surface area contributed by atoms with Gasteiger partial charge in [-0.15, -0.1) is 11.3 Å². The van der Waals surface area contributed by atoms with Gasteiger partial charge in [0.05, 0.1) is 12.0 Å². The van der Waals surface area contributed by atoms with Gasteiger partial charge in [0, 0.05) is 24.7 Å². The molecule has 0 aromatic carbocycles. The van der Waals surface area contributed by atoms with Crippen molar-refractivity contribution in [3.8, 4) is 0 Å². The lowest BCUT2D eigenvalue weighted by Crippen LogP contribution is -2.46. The number of nitrogens with one attached hydrogen (secondary N) is 1. The molecule has 1 saturated carbocycles. The van der Waals surface area contributed by atoms with Crippen LogP contribution in [0.5, 0.6) is 0 Å². The Balaban J connectivity index is 1.42. The summed E-state index contributed by atoms with van der Waals surface area (Å²) in [5.41, 5.74) is 0. The number of aryl methyl sites for hydroxylation is 1. The molecular weight excluding hydrogens is 326 g/mol. The van der Waals surface area contributed by atoms with Crippen molar-refractivity contribution < 1.29 is 9.32 Å². The molecule has 1 N–H and O–H groups in total. The van der Waals surface area contributed by atoms with Crippen LogP contribution in [0.4, 0.5) is 4.79 Å². The molecule has 2 amide bonds. The van der Waals surface area contributed by atoms with Gasteiger partial charge in [-0.3, -0.25) is 0 Å². The number of aromatic nitrogens is 3. The number of amides is 2. The third-order valence-corrected chi connectivity index (χ3v) is 5.55. The van der Waals surface area contributed by atoms with E-state index >= 15 is 0 Å². The van der Waals surface area contributed by atoms with Crippen LogP contribution in [-0.2, 0) is 0 Å². The molecule has 2 aromatic rings. The van der Waals surface area contributed by atoms with E-state index in [1.807, 2.05) is 17.2 Å². The first-order chi connectivity index (χ1) is 11.7. The van der Waals surface area contributed by atoms with E-state index < -0.39 is 0 Å². The molecule has 1 saturated heterocycles. The van der Waals surface area contributed by atoms with Crippen LogP contribution in [0, 0.1) is 12.8 Å². The SMILES string of the molecule is Cc1noc([C@@H]2CCCN(C(=O)N[C@@H](c3nccs3)C3CC3)C2)n1. The Hall–Kier alpha value is -1.96. The standard InChI is InChI=1S/C16H21N5O2S/c1-10-18-14(23-20-10)12-3-2-7-21(9-12)16(22)19-13(11-4-5-11)15-17-6-8-24-15/h6,8,11-13H,2-5,7,9H2,1H3,(H,19,22)/t12-,13-/m1/s1. The van der Waals surface area contributed by atoms with Gasteiger partial charge in [0.15, 0.2) is 5.82 Å². The van der Waals surface area contributed by atoms with Gasteiger partial charge in [-0.05, 0) is 38.5 Å². The Bertz CT molecular complexity index is 697. The van der Waals surface area contributed by atoms with Crippen LogP contribution in [0.1, 0.15) is 54.4 Å². The lowest BCUT2D eigenvalue weighted by molar-refractivity contribution is 0.167. The molecule has 8 heteroatoms. The van der Waals surface area contributed by atoms with E-state index in [1.165, 1.54) is 0 Å². The van der Waals surface area contributed by atoms with E-state index in [0.29, 0.717) is 24.2 Å². The smallest absolute Gasteiger partial charge is 0.317 e. The topological polar surface area (TPSA) is 84.2 Å². The molecule has 128 valence electrons. The largest absolute Gasteiger partial charge is 0.339 e. The molecule has 2 atom stereocenters. The van der Waals surface area contributed by atoms with Crippen molar-refractivity contribution in [2.24, 2.45) is 5.92 Å². The second-order valence-corrected chi connectivity index (χ2v) is 7.53. The van der Waals surface area contributed by atoms with Gasteiger partial charge >= 0.3 is 6.03 Å². The van der Waals surface area contributed by atoms with E-state index in [9.17, 15) is 4.79 Å². The van der Waals surface area contributed by atoms with E-state index in [1.54, 1.807) is 17.5 Å². The maximum Gasteiger partial charge on any atom is 0.317 e. The lowest BCUT2D eigenvalue weighted by atomic mass is 9.98. The minimum absolute atomic E-state index is 0.0111. The number of rotatable bonds is 4. The first-order valence-corrected chi connectivity index (χ1v) is 9.33. The van der Waals surface area contributed by atoms with Crippen molar-refractivity contribution >= 4 is 17.4 Å². The Labute approximate surface area is 144 Å². The quantitative estimate of drug-likeness (QED) is 0.919. The summed E-state index contributed by atoms with van der Waals surface area (Å²) < 4.78 is 5.29. The van der Waals surface area contributed by atoms with Crippen molar-refractivity contribution in [2.75, 3.05) is 13.1 Å². The van der Waals surface area contributed by atoms with Crippen LogP contribution in [0.15, 0.2) is 16.1 Å². The number of carbonyl (C=O) groups is 1. The van der Waals surface area contributed by atoms with Crippen LogP contribution < -0.4 is 5.32 Å². The molecule has 2 fully saturated rings. The third kappa shape index (κ3) is 3.28. The van der Waals surface area contributed by atoms with Gasteiger partial charge < -0.3 is 14.7 Å². The molecule has 2 aliphatic rings. The average Bonchev–Trinajstić information content (AvgIpc) is 3.10. The molecule has 7 nitrogen and oxygen atoms in total. The Kier molecular flexibility index (Phi) is 4.22. The predicted molar refractivity (Wildman–Crippen MR) is 88.7 cm³/mol. The highest BCUT2D eigenvalue weighted by molar-refractivity contribution is 7.09. The molecule has 3 heterocycles. The number of thiazole rings is 1. The van der Waals surface area contributed by atoms with Gasteiger partial charge in [0.25, 0.3) is 0 Å². The predicted octanol–water partition coefficient (Wildman–Crippen LogP) is 2.87. The number of urea groups is 1. The van der Waals surface area contributed by atoms with E-state index in [0.717, 1.165) is 37.2 Å². The van der Waals surface area contributed by atoms with Crippen molar-refractivity contribution in [1.29, 1.82) is 0 Å². The Morgan fingerprint density at radius 2 is 2.33 bits per heavy atom. The molecule has 0 unspecified atom stereocenters. The van der Waals surface area contributed by atoms with Crippen molar-refractivity contribution in [3.05, 3.63) is 28.3 Å². The highest BCUT2D eigenvalue weighted by atomic mass is 32.1. The zero-order valence-electron chi connectivity index (χ0n) is 13.6. The van der Waals surface area contributed by atoms with Gasteiger partial charge in [-0.1, -0.05) is 5.16 Å². The fourth-order valence-corrected chi connectivity index (χ4v) is 4.05. The van der Waals surface area contributed by atoms with Gasteiger partial charge in [-0.25, -0.2) is 9.78 Å². The van der Waals surface area contributed by atoms with Crippen molar-refractivity contribution in [3.63, 3.8) is 0 Å². The lowest BCUT2D eigenvalue weighted by Gasteiger charge is -2.32. The van der Waals surface area contributed by atoms with Gasteiger partial charge in [-0.2, -0.15) is 4.98 Å². The second-order valence-electron chi connectivity index (χ2n) is 6.60. The van der Waals surface area contributed by atoms with Gasteiger partial charge in [0.2, 0.25) is 5.89 Å². The molecule has 2 aromatic heterocycles. The van der Waals surface area contributed by atoms with Crippen molar-refractivity contribution in [1.82, 2.24) is 25.3 Å². The van der Waals surface area contributed by atoms with Crippen LogP contribution in [-0.4, -0.2) is 39.1 Å². The van der Waals surface area contributed by atoms with E-state index in [2.05, 4.69) is 20.4 Å². The van der Waals surface area contributed by atoms with E-state index in [-0.39, 0.29) is 18.0 Å². The minimum Gasteiger partial charge on any atom is -0.339 e. The summed E-state index contributed by atoms with van der Waals surface area (Å²) in [6.45, 7) is 3.21. The van der Waals surface area contributed by atoms with E-state index in [4.69, 9.17) is 4.52 Å². The van der Waals surface area contributed by atoms with Gasteiger partial charge in [0.1, 0.15) is 5.01 Å². The fraction of sp³-hybridized carbons (Fsp3) is 0.625. The van der Waals surface area contributed by atoms with Crippen LogP contribution >= 0.6 is 11.3 Å². The number of hydrogen-bond acceptors (Lipinski definition) is 6. The maximum atomic E-state index is 12.7. The summed E-state index contributed by atoms with van der Waals surface area (Å²) in [6.07, 6.45) is 6.05. The summed E-state index contributed by atoms with van der Waals surface area (Å²) in [6, 6.07) is 0.0339. The summed E-state index contributed by atoms with van der Waals surface area (Å²) >= 11 is 1.61. The molecule has 1 aliphatic carbocycles. The molecule has 0 spiro atoms. The normalized spacial score (nSPS) is 22.4. The number of nitrogens with zero attached hydrogens (tertiary/aromatic N) is 4.